The number of carboxylic acids is 1. The average Bonchev–Trinajstić information content (AvgIpc) is 2.91. The van der Waals surface area contributed by atoms with Gasteiger partial charge in [-0.3, -0.25) is 14.2 Å². The second kappa shape index (κ2) is 7.27. The lowest BCUT2D eigenvalue weighted by Gasteiger charge is -2.14. The summed E-state index contributed by atoms with van der Waals surface area (Å²) in [4.78, 5) is 37.0. The molecule has 1 aliphatic heterocycles. The number of carbonyl (C=O) groups excluding carboxylic acids is 1. The van der Waals surface area contributed by atoms with Crippen molar-refractivity contribution in [2.24, 2.45) is 0 Å². The van der Waals surface area contributed by atoms with Crippen molar-refractivity contribution in [3.8, 4) is 0 Å². The minimum absolute atomic E-state index is 0.00320. The number of aliphatic carboxylic acids is 1. The molecule has 2 heterocycles. The van der Waals surface area contributed by atoms with Crippen molar-refractivity contribution in [3.63, 3.8) is 0 Å². The Balaban J connectivity index is 1.81. The first-order valence-electron chi connectivity index (χ1n) is 6.45. The van der Waals surface area contributed by atoms with Crippen LogP contribution in [-0.4, -0.2) is 44.4 Å². The van der Waals surface area contributed by atoms with Crippen LogP contribution in [0.5, 0.6) is 0 Å². The zero-order valence-electron chi connectivity index (χ0n) is 11.5. The van der Waals surface area contributed by atoms with Crippen LogP contribution in [-0.2, 0) is 19.1 Å². The number of anilines is 1. The van der Waals surface area contributed by atoms with Gasteiger partial charge in [0.05, 0.1) is 12.8 Å². The van der Waals surface area contributed by atoms with Crippen LogP contribution in [0.1, 0.15) is 19.1 Å². The van der Waals surface area contributed by atoms with Crippen molar-refractivity contribution >= 4 is 29.5 Å². The van der Waals surface area contributed by atoms with Gasteiger partial charge >= 0.3 is 17.6 Å². The molecule has 0 aliphatic carbocycles. The van der Waals surface area contributed by atoms with Crippen LogP contribution in [0.25, 0.3) is 0 Å². The molecule has 10 heteroatoms. The van der Waals surface area contributed by atoms with Gasteiger partial charge in [0.1, 0.15) is 24.1 Å². The van der Waals surface area contributed by atoms with E-state index in [9.17, 15) is 14.4 Å². The average molecular weight is 329 g/mol. The van der Waals surface area contributed by atoms with E-state index < -0.39 is 29.3 Å². The molecule has 1 saturated heterocycles. The summed E-state index contributed by atoms with van der Waals surface area (Å²) in [5.74, 6) is -1.01. The Morgan fingerprint density at radius 2 is 2.32 bits per heavy atom. The highest BCUT2D eigenvalue weighted by Crippen LogP contribution is 2.31. The molecule has 0 radical (unpaired) electrons. The minimum Gasteiger partial charge on any atom is -0.481 e. The van der Waals surface area contributed by atoms with E-state index in [-0.39, 0.29) is 25.3 Å². The lowest BCUT2D eigenvalue weighted by molar-refractivity contribution is -0.150. The summed E-state index contributed by atoms with van der Waals surface area (Å²) in [5, 5.41) is 8.46. The number of nitrogens with zero attached hydrogens (tertiary/aromatic N) is 2. The Morgan fingerprint density at radius 1 is 1.55 bits per heavy atom. The first-order valence-corrected chi connectivity index (χ1v) is 7.49. The molecular formula is C12H15N3O6S. The molecule has 120 valence electrons. The van der Waals surface area contributed by atoms with Crippen molar-refractivity contribution in [2.45, 2.75) is 24.5 Å². The highest BCUT2D eigenvalue weighted by Gasteiger charge is 2.29. The molecule has 9 nitrogen and oxygen atoms in total. The number of thioether (sulfide) groups is 1. The lowest BCUT2D eigenvalue weighted by atomic mass is 10.3. The van der Waals surface area contributed by atoms with Crippen LogP contribution >= 0.6 is 11.8 Å². The molecule has 0 spiro atoms. The van der Waals surface area contributed by atoms with Crippen LogP contribution in [0.3, 0.4) is 0 Å². The van der Waals surface area contributed by atoms with E-state index in [1.54, 1.807) is 0 Å². The van der Waals surface area contributed by atoms with E-state index in [4.69, 9.17) is 20.3 Å². The van der Waals surface area contributed by atoms with Gasteiger partial charge in [-0.2, -0.15) is 4.98 Å². The van der Waals surface area contributed by atoms with E-state index in [1.807, 2.05) is 0 Å². The molecule has 0 aromatic carbocycles. The van der Waals surface area contributed by atoms with Crippen LogP contribution in [0, 0.1) is 0 Å². The topological polar surface area (TPSA) is 134 Å². The molecule has 1 aromatic heterocycles. The van der Waals surface area contributed by atoms with Crippen LogP contribution in [0.15, 0.2) is 17.1 Å². The predicted octanol–water partition coefficient (Wildman–Crippen LogP) is -0.178. The number of hydrogen-bond donors (Lipinski definition) is 2. The Morgan fingerprint density at radius 3 is 3.00 bits per heavy atom. The molecule has 0 saturated carbocycles. The first kappa shape index (κ1) is 16.3. The van der Waals surface area contributed by atoms with E-state index in [0.29, 0.717) is 5.75 Å². The van der Waals surface area contributed by atoms with Gasteiger partial charge in [-0.1, -0.05) is 0 Å². The monoisotopic (exact) mass is 329 g/mol. The van der Waals surface area contributed by atoms with E-state index in [2.05, 4.69) is 4.98 Å². The van der Waals surface area contributed by atoms with Gasteiger partial charge in [-0.25, -0.2) is 4.79 Å². The summed E-state index contributed by atoms with van der Waals surface area (Å²) in [6, 6.07) is 1.49. The van der Waals surface area contributed by atoms with E-state index >= 15 is 0 Å². The first-order chi connectivity index (χ1) is 10.5. The minimum atomic E-state index is -1.06. The van der Waals surface area contributed by atoms with E-state index in [0.717, 1.165) is 0 Å². The molecule has 1 fully saturated rings. The van der Waals surface area contributed by atoms with Crippen molar-refractivity contribution in [1.29, 1.82) is 0 Å². The fourth-order valence-electron chi connectivity index (χ4n) is 1.76. The van der Waals surface area contributed by atoms with Gasteiger partial charge in [0.2, 0.25) is 0 Å². The molecule has 0 unspecified atom stereocenters. The third kappa shape index (κ3) is 4.46. The van der Waals surface area contributed by atoms with Crippen molar-refractivity contribution < 1.29 is 24.2 Å². The zero-order chi connectivity index (χ0) is 16.1. The van der Waals surface area contributed by atoms with Gasteiger partial charge in [-0.05, 0) is 6.07 Å². The van der Waals surface area contributed by atoms with Crippen LogP contribution < -0.4 is 11.4 Å². The third-order valence-corrected chi connectivity index (χ3v) is 3.92. The maximum Gasteiger partial charge on any atom is 0.351 e. The Hall–Kier alpha value is -2.07. The normalized spacial score (nSPS) is 20.7. The van der Waals surface area contributed by atoms with Gasteiger partial charge in [0, 0.05) is 11.9 Å². The maximum absolute atomic E-state index is 11.7. The number of esters is 1. The number of rotatable bonds is 6. The van der Waals surface area contributed by atoms with Gasteiger partial charge < -0.3 is 20.3 Å². The molecule has 2 rings (SSSR count). The van der Waals surface area contributed by atoms with E-state index in [1.165, 1.54) is 28.6 Å². The summed E-state index contributed by atoms with van der Waals surface area (Å²) < 4.78 is 11.8. The predicted molar refractivity (Wildman–Crippen MR) is 77.1 cm³/mol. The summed E-state index contributed by atoms with van der Waals surface area (Å²) in [7, 11) is 0. The smallest absolute Gasteiger partial charge is 0.351 e. The highest BCUT2D eigenvalue weighted by atomic mass is 32.2. The number of carboxylic acid groups (broad SMARTS) is 1. The Kier molecular flexibility index (Phi) is 5.39. The zero-order valence-corrected chi connectivity index (χ0v) is 12.3. The van der Waals surface area contributed by atoms with Gasteiger partial charge in [0.15, 0.2) is 0 Å². The quantitative estimate of drug-likeness (QED) is 0.681. The molecule has 0 amide bonds. The fraction of sp³-hybridized carbons (Fsp3) is 0.500. The number of hydrogen-bond acceptors (Lipinski definition) is 8. The molecule has 1 aliphatic rings. The lowest BCUT2D eigenvalue weighted by Crippen LogP contribution is -2.29. The van der Waals surface area contributed by atoms with Crippen LogP contribution in [0.4, 0.5) is 5.82 Å². The molecular weight excluding hydrogens is 314 g/mol. The molecule has 3 N–H and O–H groups in total. The summed E-state index contributed by atoms with van der Waals surface area (Å²) >= 11 is 1.39. The number of nitrogen functional groups attached to an aromatic ring is 1. The van der Waals surface area contributed by atoms with Crippen LogP contribution in [0.2, 0.25) is 0 Å². The van der Waals surface area contributed by atoms with Crippen molar-refractivity contribution in [1.82, 2.24) is 9.55 Å². The summed E-state index contributed by atoms with van der Waals surface area (Å²) in [6.45, 7) is -0.00320. The molecule has 0 bridgehead atoms. The SMILES string of the molecule is Nc1ccn([C@@H]2CS[C@H](COC(=O)CCC(=O)O)O2)c(=O)n1. The second-order valence-corrected chi connectivity index (χ2v) is 5.67. The Bertz CT molecular complexity index is 619. The standard InChI is InChI=1S/C12H15N3O6S/c13-7-3-4-15(12(19)14-7)8-6-22-11(21-8)5-20-10(18)2-1-9(16)17/h3-4,8,11H,1-2,5-6H2,(H,16,17)(H2,13,14,19)/t8-,11+/m0/s1. The molecule has 22 heavy (non-hydrogen) atoms. The molecule has 1 aromatic rings. The number of aromatic nitrogens is 2. The number of ether oxygens (including phenoxy) is 2. The summed E-state index contributed by atoms with van der Waals surface area (Å²) in [6.07, 6.45) is 0.537. The fourth-order valence-corrected chi connectivity index (χ4v) is 2.75. The van der Waals surface area contributed by atoms with Gasteiger partial charge in [-0.15, -0.1) is 11.8 Å². The van der Waals surface area contributed by atoms with Crippen molar-refractivity contribution in [2.75, 3.05) is 18.1 Å². The number of carbonyl (C=O) groups is 2. The Labute approximate surface area is 129 Å². The highest BCUT2D eigenvalue weighted by molar-refractivity contribution is 8.00. The number of nitrogens with two attached hydrogens (primary N) is 1. The van der Waals surface area contributed by atoms with Crippen molar-refractivity contribution in [3.05, 3.63) is 22.7 Å². The third-order valence-electron chi connectivity index (χ3n) is 2.82. The second-order valence-electron chi connectivity index (χ2n) is 4.47. The largest absolute Gasteiger partial charge is 0.481 e. The van der Waals surface area contributed by atoms with Gasteiger partial charge in [0.25, 0.3) is 0 Å². The molecule has 2 atom stereocenters. The maximum atomic E-state index is 11.7. The summed E-state index contributed by atoms with van der Waals surface area (Å²) in [5.41, 5.74) is 4.49.